The smallest absolute Gasteiger partial charge is 0.339 e. The maximum atomic E-state index is 12.4. The standard InChI is InChI=1S/C23H23ClN2O3/c1-14-3-5-21(18(11-14)23(27)28-2)26-22-17-12-16(24)4-6-20(17)25-13-19(22)15-7-9-29-10-8-15/h3-6,11-13,15H,7-10H2,1-2H3,(H,25,26). The molecule has 2 aromatic carbocycles. The molecule has 1 aromatic heterocycles. The van der Waals surface area contributed by atoms with E-state index in [9.17, 15) is 4.79 Å². The minimum absolute atomic E-state index is 0.328. The van der Waals surface area contributed by atoms with Gasteiger partial charge < -0.3 is 14.8 Å². The van der Waals surface area contributed by atoms with Gasteiger partial charge in [-0.05, 0) is 61.6 Å². The van der Waals surface area contributed by atoms with Crippen LogP contribution in [-0.4, -0.2) is 31.3 Å². The first-order chi connectivity index (χ1) is 14.1. The molecular weight excluding hydrogens is 388 g/mol. The Morgan fingerprint density at radius 2 is 2.00 bits per heavy atom. The average molecular weight is 411 g/mol. The predicted octanol–water partition coefficient (Wildman–Crippen LogP) is 5.62. The summed E-state index contributed by atoms with van der Waals surface area (Å²) in [5.74, 6) is -0.0469. The summed E-state index contributed by atoms with van der Waals surface area (Å²) < 4.78 is 10.5. The van der Waals surface area contributed by atoms with Crippen molar-refractivity contribution in [2.45, 2.75) is 25.7 Å². The van der Waals surface area contributed by atoms with E-state index in [4.69, 9.17) is 21.1 Å². The zero-order valence-corrected chi connectivity index (χ0v) is 17.3. The summed E-state index contributed by atoms with van der Waals surface area (Å²) in [5, 5.41) is 5.08. The SMILES string of the molecule is COC(=O)c1cc(C)ccc1Nc1c(C2CCOCC2)cnc2ccc(Cl)cc12. The summed E-state index contributed by atoms with van der Waals surface area (Å²) in [6, 6.07) is 11.4. The summed E-state index contributed by atoms with van der Waals surface area (Å²) >= 11 is 6.31. The summed E-state index contributed by atoms with van der Waals surface area (Å²) in [5.41, 5.74) is 5.07. The highest BCUT2D eigenvalue weighted by atomic mass is 35.5. The number of nitrogens with zero attached hydrogens (tertiary/aromatic N) is 1. The van der Waals surface area contributed by atoms with Gasteiger partial charge in [0.15, 0.2) is 0 Å². The highest BCUT2D eigenvalue weighted by Gasteiger charge is 2.22. The van der Waals surface area contributed by atoms with Crippen molar-refractivity contribution in [3.05, 3.63) is 64.3 Å². The second kappa shape index (κ2) is 8.39. The molecule has 1 N–H and O–H groups in total. The Morgan fingerprint density at radius 1 is 1.21 bits per heavy atom. The van der Waals surface area contributed by atoms with Gasteiger partial charge in [0.25, 0.3) is 0 Å². The molecule has 1 aliphatic rings. The third kappa shape index (κ3) is 4.07. The lowest BCUT2D eigenvalue weighted by molar-refractivity contribution is 0.0602. The summed E-state index contributed by atoms with van der Waals surface area (Å²) in [6.45, 7) is 3.41. The molecule has 1 aliphatic heterocycles. The number of fused-ring (bicyclic) bond motifs is 1. The molecule has 2 heterocycles. The molecule has 0 unspecified atom stereocenters. The van der Waals surface area contributed by atoms with Crippen LogP contribution in [0.25, 0.3) is 10.9 Å². The van der Waals surface area contributed by atoms with Crippen LogP contribution < -0.4 is 5.32 Å². The van der Waals surface area contributed by atoms with Crippen LogP contribution in [0.4, 0.5) is 11.4 Å². The lowest BCUT2D eigenvalue weighted by atomic mass is 9.90. The van der Waals surface area contributed by atoms with Gasteiger partial charge in [-0.1, -0.05) is 23.2 Å². The van der Waals surface area contributed by atoms with Crippen molar-refractivity contribution >= 4 is 39.8 Å². The van der Waals surface area contributed by atoms with E-state index < -0.39 is 0 Å². The first-order valence-corrected chi connectivity index (χ1v) is 10.1. The van der Waals surface area contributed by atoms with Crippen molar-refractivity contribution < 1.29 is 14.3 Å². The highest BCUT2D eigenvalue weighted by Crippen LogP contribution is 2.39. The number of carbonyl (C=O) groups excluding carboxylic acids is 1. The first-order valence-electron chi connectivity index (χ1n) is 9.68. The predicted molar refractivity (Wildman–Crippen MR) is 115 cm³/mol. The molecule has 0 spiro atoms. The van der Waals surface area contributed by atoms with Crippen LogP contribution in [-0.2, 0) is 9.47 Å². The van der Waals surface area contributed by atoms with Crippen molar-refractivity contribution in [1.82, 2.24) is 4.98 Å². The lowest BCUT2D eigenvalue weighted by Crippen LogP contribution is -2.16. The van der Waals surface area contributed by atoms with Gasteiger partial charge in [-0.2, -0.15) is 0 Å². The summed E-state index contributed by atoms with van der Waals surface area (Å²) in [7, 11) is 1.39. The molecule has 5 nitrogen and oxygen atoms in total. The van der Waals surface area contributed by atoms with E-state index in [0.717, 1.165) is 53.8 Å². The van der Waals surface area contributed by atoms with E-state index in [1.54, 1.807) is 0 Å². The van der Waals surface area contributed by atoms with Crippen molar-refractivity contribution in [3.8, 4) is 0 Å². The van der Waals surface area contributed by atoms with Crippen LogP contribution in [0.3, 0.4) is 0 Å². The van der Waals surface area contributed by atoms with Gasteiger partial charge in [0.2, 0.25) is 0 Å². The van der Waals surface area contributed by atoms with Crippen LogP contribution in [0.2, 0.25) is 5.02 Å². The number of benzene rings is 2. The Kier molecular flexibility index (Phi) is 5.69. The van der Waals surface area contributed by atoms with E-state index in [2.05, 4.69) is 10.3 Å². The van der Waals surface area contributed by atoms with E-state index in [1.165, 1.54) is 7.11 Å². The van der Waals surface area contributed by atoms with E-state index >= 15 is 0 Å². The molecule has 0 amide bonds. The Bertz CT molecular complexity index is 1060. The third-order valence-corrected chi connectivity index (χ3v) is 5.60. The lowest BCUT2D eigenvalue weighted by Gasteiger charge is -2.26. The molecule has 0 saturated carbocycles. The fourth-order valence-electron chi connectivity index (χ4n) is 3.82. The largest absolute Gasteiger partial charge is 0.465 e. The van der Waals surface area contributed by atoms with Crippen LogP contribution in [0, 0.1) is 6.92 Å². The number of rotatable bonds is 4. The number of esters is 1. The number of hydrogen-bond donors (Lipinski definition) is 1. The highest BCUT2D eigenvalue weighted by molar-refractivity contribution is 6.31. The fraction of sp³-hybridized carbons (Fsp3) is 0.304. The average Bonchev–Trinajstić information content (AvgIpc) is 2.75. The zero-order chi connectivity index (χ0) is 20.4. The molecule has 1 saturated heterocycles. The maximum Gasteiger partial charge on any atom is 0.339 e. The van der Waals surface area contributed by atoms with Crippen molar-refractivity contribution in [2.24, 2.45) is 0 Å². The zero-order valence-electron chi connectivity index (χ0n) is 16.5. The van der Waals surface area contributed by atoms with Crippen molar-refractivity contribution in [1.29, 1.82) is 0 Å². The van der Waals surface area contributed by atoms with Crippen molar-refractivity contribution in [2.75, 3.05) is 25.6 Å². The van der Waals surface area contributed by atoms with Gasteiger partial charge in [-0.3, -0.25) is 4.98 Å². The monoisotopic (exact) mass is 410 g/mol. The van der Waals surface area contributed by atoms with Gasteiger partial charge in [0.05, 0.1) is 29.6 Å². The number of carbonyl (C=O) groups is 1. The number of aryl methyl sites for hydroxylation is 1. The molecule has 6 heteroatoms. The van der Waals surface area contributed by atoms with Gasteiger partial charge in [0.1, 0.15) is 0 Å². The number of aromatic nitrogens is 1. The third-order valence-electron chi connectivity index (χ3n) is 5.36. The van der Waals surface area contributed by atoms with Crippen LogP contribution >= 0.6 is 11.6 Å². The normalized spacial score (nSPS) is 14.7. The minimum Gasteiger partial charge on any atom is -0.465 e. The molecule has 1 fully saturated rings. The number of ether oxygens (including phenoxy) is 2. The maximum absolute atomic E-state index is 12.4. The molecule has 150 valence electrons. The Hall–Kier alpha value is -2.63. The van der Waals surface area contributed by atoms with Crippen molar-refractivity contribution in [3.63, 3.8) is 0 Å². The molecule has 0 radical (unpaired) electrons. The van der Waals surface area contributed by atoms with Gasteiger partial charge in [-0.25, -0.2) is 4.79 Å². The van der Waals surface area contributed by atoms with E-state index in [-0.39, 0.29) is 5.97 Å². The number of halogens is 1. The fourth-order valence-corrected chi connectivity index (χ4v) is 3.99. The van der Waals surface area contributed by atoms with E-state index in [1.807, 2.05) is 49.5 Å². The second-order valence-corrected chi connectivity index (χ2v) is 7.74. The molecule has 0 aliphatic carbocycles. The Labute approximate surface area is 175 Å². The molecule has 29 heavy (non-hydrogen) atoms. The molecule has 0 atom stereocenters. The topological polar surface area (TPSA) is 60.5 Å². The molecule has 3 aromatic rings. The van der Waals surface area contributed by atoms with Gasteiger partial charge in [-0.15, -0.1) is 0 Å². The quantitative estimate of drug-likeness (QED) is 0.565. The number of methoxy groups -OCH3 is 1. The van der Waals surface area contributed by atoms with Crippen LogP contribution in [0.15, 0.2) is 42.6 Å². The Balaban J connectivity index is 1.87. The number of anilines is 2. The number of hydrogen-bond acceptors (Lipinski definition) is 5. The van der Waals surface area contributed by atoms with Gasteiger partial charge >= 0.3 is 5.97 Å². The van der Waals surface area contributed by atoms with Crippen LogP contribution in [0.5, 0.6) is 0 Å². The minimum atomic E-state index is -0.375. The van der Waals surface area contributed by atoms with Crippen LogP contribution in [0.1, 0.15) is 40.2 Å². The second-order valence-electron chi connectivity index (χ2n) is 7.30. The first kappa shape index (κ1) is 19.7. The molecule has 0 bridgehead atoms. The molecule has 4 rings (SSSR count). The molecular formula is C23H23ClN2O3. The Morgan fingerprint density at radius 3 is 2.76 bits per heavy atom. The van der Waals surface area contributed by atoms with Gasteiger partial charge in [0, 0.05) is 29.8 Å². The summed E-state index contributed by atoms with van der Waals surface area (Å²) in [4.78, 5) is 17.0. The van der Waals surface area contributed by atoms with E-state index in [0.29, 0.717) is 22.2 Å². The number of nitrogens with one attached hydrogen (secondary N) is 1. The summed E-state index contributed by atoms with van der Waals surface area (Å²) in [6.07, 6.45) is 3.79. The number of pyridine rings is 1.